The summed E-state index contributed by atoms with van der Waals surface area (Å²) in [4.78, 5) is 2.47. The molecule has 3 aromatic rings. The first-order valence-corrected chi connectivity index (χ1v) is 12.8. The number of aryl methyl sites for hydroxylation is 1. The fourth-order valence-corrected chi connectivity index (χ4v) is 4.97. The molecule has 7 heteroatoms. The zero-order valence-corrected chi connectivity index (χ0v) is 19.6. The number of ether oxygens (including phenoxy) is 1. The fourth-order valence-electron chi connectivity index (χ4n) is 4.50. The molecule has 0 saturated carbocycles. The number of anilines is 1. The summed E-state index contributed by atoms with van der Waals surface area (Å²) in [6, 6.07) is 16.1. The minimum absolute atomic E-state index is 0.668. The molecule has 4 rings (SSSR count). The van der Waals surface area contributed by atoms with Gasteiger partial charge in [-0.15, -0.1) is 0 Å². The third-order valence-corrected chi connectivity index (χ3v) is 6.53. The second kappa shape index (κ2) is 10.2. The Hall–Kier alpha value is -2.82. The minimum Gasteiger partial charge on any atom is -0.492 e. The summed E-state index contributed by atoms with van der Waals surface area (Å²) in [5.74, 6) is 0.836. The number of likely N-dealkylation sites (tertiary alicyclic amines) is 1. The molecule has 1 saturated heterocycles. The number of hydrogen-bond donors (Lipinski definition) is 1. The van der Waals surface area contributed by atoms with E-state index in [1.807, 2.05) is 36.4 Å². The lowest BCUT2D eigenvalue weighted by Gasteiger charge is -2.26. The monoisotopic (exact) mass is 450 g/mol. The van der Waals surface area contributed by atoms with Crippen molar-refractivity contribution in [1.82, 2.24) is 9.47 Å². The van der Waals surface area contributed by atoms with Gasteiger partial charge in [0.25, 0.3) is 0 Å². The summed E-state index contributed by atoms with van der Waals surface area (Å²) >= 11 is 0. The van der Waals surface area contributed by atoms with Gasteiger partial charge in [0.1, 0.15) is 29.4 Å². The van der Waals surface area contributed by atoms with Crippen LogP contribution in [0.25, 0.3) is 22.2 Å². The molecule has 1 aliphatic heterocycles. The molecular weight excluding hydrogens is 420 g/mol. The van der Waals surface area contributed by atoms with E-state index in [1.54, 1.807) is 6.26 Å². The minimum atomic E-state index is -1.12. The Morgan fingerprint density at radius 3 is 2.53 bits per heavy atom. The molecule has 32 heavy (non-hydrogen) atoms. The van der Waals surface area contributed by atoms with E-state index in [2.05, 4.69) is 33.2 Å². The Morgan fingerprint density at radius 1 is 1.12 bits per heavy atom. The number of rotatable bonds is 8. The lowest BCUT2D eigenvalue weighted by atomic mass is 10.1. The van der Waals surface area contributed by atoms with E-state index in [9.17, 15) is 9.47 Å². The molecule has 1 atom stereocenters. The number of piperidine rings is 1. The van der Waals surface area contributed by atoms with Gasteiger partial charge in [-0.1, -0.05) is 18.6 Å². The van der Waals surface area contributed by atoms with Crippen molar-refractivity contribution in [2.75, 3.05) is 37.2 Å². The van der Waals surface area contributed by atoms with E-state index < -0.39 is 11.0 Å². The normalized spacial score (nSPS) is 15.4. The third-order valence-electron chi connectivity index (χ3n) is 6.01. The van der Waals surface area contributed by atoms with Crippen LogP contribution in [0, 0.1) is 11.3 Å². The topological polar surface area (TPSA) is 70.3 Å². The molecular formula is C25H30N4O2S. The fraction of sp³-hybridized carbons (Fsp3) is 0.400. The average Bonchev–Trinajstić information content (AvgIpc) is 3.12. The van der Waals surface area contributed by atoms with Crippen LogP contribution in [0.5, 0.6) is 5.75 Å². The van der Waals surface area contributed by atoms with Gasteiger partial charge in [-0.3, -0.25) is 4.90 Å². The van der Waals surface area contributed by atoms with Gasteiger partial charge >= 0.3 is 0 Å². The number of fused-ring (bicyclic) bond motifs is 1. The summed E-state index contributed by atoms with van der Waals surface area (Å²) in [7, 11) is -1.12. The molecule has 1 N–H and O–H groups in total. The first-order valence-electron chi connectivity index (χ1n) is 11.2. The van der Waals surface area contributed by atoms with Crippen LogP contribution in [0.1, 0.15) is 31.7 Å². The predicted octanol–water partition coefficient (Wildman–Crippen LogP) is 4.77. The SMILES string of the molecule is CCn1c(-c2ccc(NS(C)=O)cc2)c(C#N)c2ccc(OCCN3CCCCC3)cc21. The van der Waals surface area contributed by atoms with Crippen LogP contribution in [-0.4, -0.2) is 46.2 Å². The lowest BCUT2D eigenvalue weighted by Crippen LogP contribution is -2.33. The molecule has 0 radical (unpaired) electrons. The zero-order valence-electron chi connectivity index (χ0n) is 18.8. The lowest BCUT2D eigenvalue weighted by molar-refractivity contribution is 0.183. The van der Waals surface area contributed by atoms with Crippen LogP contribution in [-0.2, 0) is 17.5 Å². The molecule has 1 fully saturated rings. The molecule has 0 aliphatic carbocycles. The molecule has 2 heterocycles. The molecule has 0 bridgehead atoms. The van der Waals surface area contributed by atoms with Gasteiger partial charge < -0.3 is 14.0 Å². The Balaban J connectivity index is 1.61. The van der Waals surface area contributed by atoms with Crippen molar-refractivity contribution in [3.8, 4) is 23.1 Å². The van der Waals surface area contributed by atoms with E-state index in [0.29, 0.717) is 12.2 Å². The van der Waals surface area contributed by atoms with Gasteiger partial charge in [-0.2, -0.15) is 5.26 Å². The average molecular weight is 451 g/mol. The summed E-state index contributed by atoms with van der Waals surface area (Å²) in [5.41, 5.74) is 4.32. The van der Waals surface area contributed by atoms with Crippen molar-refractivity contribution in [3.05, 3.63) is 48.0 Å². The molecule has 168 valence electrons. The number of hydrogen-bond acceptors (Lipinski definition) is 4. The summed E-state index contributed by atoms with van der Waals surface area (Å²) in [5, 5.41) is 10.9. The molecule has 0 spiro atoms. The highest BCUT2D eigenvalue weighted by Gasteiger charge is 2.19. The standard InChI is InChI=1S/C25H30N4O2S/c1-3-29-24-17-21(31-16-15-28-13-5-4-6-14-28)11-12-22(24)23(18-26)25(29)19-7-9-20(10-8-19)27-32(2)30/h7-12,17,27H,3-6,13-16H2,1-2H3. The summed E-state index contributed by atoms with van der Waals surface area (Å²) in [6.07, 6.45) is 5.50. The van der Waals surface area contributed by atoms with Crippen molar-refractivity contribution in [1.29, 1.82) is 5.26 Å². The highest BCUT2D eigenvalue weighted by molar-refractivity contribution is 7.85. The second-order valence-electron chi connectivity index (χ2n) is 8.14. The van der Waals surface area contributed by atoms with Crippen LogP contribution in [0.4, 0.5) is 5.69 Å². The van der Waals surface area contributed by atoms with E-state index in [1.165, 1.54) is 32.4 Å². The summed E-state index contributed by atoms with van der Waals surface area (Å²) < 4.78 is 22.6. The molecule has 2 aromatic carbocycles. The van der Waals surface area contributed by atoms with E-state index in [-0.39, 0.29) is 0 Å². The molecule has 1 aromatic heterocycles. The van der Waals surface area contributed by atoms with E-state index >= 15 is 0 Å². The van der Waals surface area contributed by atoms with Crippen molar-refractivity contribution >= 4 is 27.6 Å². The van der Waals surface area contributed by atoms with E-state index in [0.717, 1.165) is 46.7 Å². The van der Waals surface area contributed by atoms with E-state index in [4.69, 9.17) is 4.74 Å². The number of aromatic nitrogens is 1. The van der Waals surface area contributed by atoms with Gasteiger partial charge in [0.05, 0.1) is 16.8 Å². The third kappa shape index (κ3) is 4.82. The zero-order chi connectivity index (χ0) is 22.5. The Bertz CT molecular complexity index is 1140. The van der Waals surface area contributed by atoms with Gasteiger partial charge in [0.2, 0.25) is 0 Å². The maximum absolute atomic E-state index is 11.4. The van der Waals surface area contributed by atoms with Crippen LogP contribution in [0.3, 0.4) is 0 Å². The predicted molar refractivity (Wildman–Crippen MR) is 131 cm³/mol. The van der Waals surface area contributed by atoms with Crippen LogP contribution in [0.2, 0.25) is 0 Å². The summed E-state index contributed by atoms with van der Waals surface area (Å²) in [6.45, 7) is 6.78. The maximum Gasteiger partial charge on any atom is 0.121 e. The highest BCUT2D eigenvalue weighted by Crippen LogP contribution is 2.35. The Morgan fingerprint density at radius 2 is 1.88 bits per heavy atom. The van der Waals surface area contributed by atoms with Gasteiger partial charge in [-0.05, 0) is 62.7 Å². The van der Waals surface area contributed by atoms with Crippen LogP contribution < -0.4 is 9.46 Å². The van der Waals surface area contributed by atoms with Gasteiger partial charge in [0, 0.05) is 36.5 Å². The smallest absolute Gasteiger partial charge is 0.121 e. The quantitative estimate of drug-likeness (QED) is 0.537. The molecule has 1 unspecified atom stereocenters. The van der Waals surface area contributed by atoms with Crippen molar-refractivity contribution in [3.63, 3.8) is 0 Å². The number of nitriles is 1. The first-order chi connectivity index (χ1) is 15.6. The Labute approximate surface area is 192 Å². The van der Waals surface area contributed by atoms with Gasteiger partial charge in [0.15, 0.2) is 0 Å². The molecule has 6 nitrogen and oxygen atoms in total. The van der Waals surface area contributed by atoms with Crippen LogP contribution in [0.15, 0.2) is 42.5 Å². The van der Waals surface area contributed by atoms with Crippen molar-refractivity contribution < 1.29 is 8.95 Å². The van der Waals surface area contributed by atoms with Gasteiger partial charge in [-0.25, -0.2) is 4.21 Å². The largest absolute Gasteiger partial charge is 0.492 e. The molecule has 0 amide bonds. The number of nitrogens with one attached hydrogen (secondary N) is 1. The van der Waals surface area contributed by atoms with Crippen LogP contribution >= 0.6 is 0 Å². The first kappa shape index (κ1) is 22.4. The maximum atomic E-state index is 11.4. The number of benzene rings is 2. The Kier molecular flexibility index (Phi) is 7.13. The van der Waals surface area contributed by atoms with Crippen molar-refractivity contribution in [2.45, 2.75) is 32.7 Å². The highest BCUT2D eigenvalue weighted by atomic mass is 32.2. The second-order valence-corrected chi connectivity index (χ2v) is 9.26. The number of nitrogens with zero attached hydrogens (tertiary/aromatic N) is 3. The molecule has 1 aliphatic rings. The van der Waals surface area contributed by atoms with Crippen molar-refractivity contribution in [2.24, 2.45) is 0 Å².